The molecule has 0 atom stereocenters. The van der Waals surface area contributed by atoms with Gasteiger partial charge in [-0.15, -0.1) is 0 Å². The highest BCUT2D eigenvalue weighted by molar-refractivity contribution is 6.29. The Morgan fingerprint density at radius 1 is 0.700 bits per heavy atom. The second-order valence-electron chi connectivity index (χ2n) is 10.5. The van der Waals surface area contributed by atoms with E-state index in [1.54, 1.807) is 6.07 Å². The van der Waals surface area contributed by atoms with Crippen LogP contribution in [0.2, 0.25) is 5.15 Å². The lowest BCUT2D eigenvalue weighted by Crippen LogP contribution is -2.46. The summed E-state index contributed by atoms with van der Waals surface area (Å²) in [5.41, 5.74) is 5.93. The van der Waals surface area contributed by atoms with Crippen LogP contribution in [0.1, 0.15) is 32.1 Å². The summed E-state index contributed by atoms with van der Waals surface area (Å²) in [5.74, 6) is 0. The lowest BCUT2D eigenvalue weighted by molar-refractivity contribution is 0.140. The monoisotopic (exact) mass is 551 g/mol. The fourth-order valence-electron chi connectivity index (χ4n) is 5.80. The quantitative estimate of drug-likeness (QED) is 0.228. The van der Waals surface area contributed by atoms with Crippen LogP contribution in [0, 0.1) is 0 Å². The van der Waals surface area contributed by atoms with Crippen LogP contribution in [0.4, 0.5) is 6.01 Å². The van der Waals surface area contributed by atoms with Gasteiger partial charge in [0.25, 0.3) is 6.01 Å². The number of aromatic nitrogens is 5. The number of halogens is 1. The summed E-state index contributed by atoms with van der Waals surface area (Å²) in [7, 11) is 0. The first-order valence-electron chi connectivity index (χ1n) is 14.0. The lowest BCUT2D eigenvalue weighted by atomic mass is 10.0. The van der Waals surface area contributed by atoms with Crippen molar-refractivity contribution < 1.29 is 4.42 Å². The zero-order chi connectivity index (χ0) is 26.9. The number of fused-ring (bicyclic) bond motifs is 1. The molecule has 0 radical (unpaired) electrons. The van der Waals surface area contributed by atoms with Crippen LogP contribution in [0.15, 0.2) is 71.3 Å². The average molecular weight is 552 g/mol. The molecule has 0 N–H and O–H groups in total. The van der Waals surface area contributed by atoms with Gasteiger partial charge in [0, 0.05) is 30.9 Å². The van der Waals surface area contributed by atoms with Gasteiger partial charge < -0.3 is 14.2 Å². The summed E-state index contributed by atoms with van der Waals surface area (Å²) in [6, 6.07) is 20.5. The molecule has 2 fully saturated rings. The standard InChI is InChI=1S/C31H30ClN7O/c32-29-12-6-11-27(36-29)26-10-5-9-25(35-26)24-8-4-7-23(34-24)21-19-28-30(33-20-21)37-31(40-28)39-17-13-22(14-18-39)38-15-2-1-3-16-38/h4-12,19-20,22H,1-3,13-18H2. The number of anilines is 1. The van der Waals surface area contributed by atoms with Crippen LogP contribution in [-0.4, -0.2) is 62.0 Å². The lowest BCUT2D eigenvalue weighted by Gasteiger charge is -2.39. The predicted octanol–water partition coefficient (Wildman–Crippen LogP) is 6.52. The van der Waals surface area contributed by atoms with Crippen molar-refractivity contribution in [3.8, 4) is 34.0 Å². The second-order valence-corrected chi connectivity index (χ2v) is 10.9. The maximum Gasteiger partial charge on any atom is 0.299 e. The summed E-state index contributed by atoms with van der Waals surface area (Å²) >= 11 is 6.09. The molecule has 2 aliphatic rings. The third-order valence-electron chi connectivity index (χ3n) is 7.91. The normalized spacial score (nSPS) is 17.0. The van der Waals surface area contributed by atoms with E-state index in [1.807, 2.05) is 60.8 Å². The summed E-state index contributed by atoms with van der Waals surface area (Å²) in [6.45, 7) is 4.41. The van der Waals surface area contributed by atoms with Crippen molar-refractivity contribution in [2.75, 3.05) is 31.1 Å². The Bertz CT molecular complexity index is 1640. The number of rotatable bonds is 5. The molecule has 5 aromatic rings. The average Bonchev–Trinajstić information content (AvgIpc) is 3.45. The Labute approximate surface area is 238 Å². The Balaban J connectivity index is 1.10. The minimum Gasteiger partial charge on any atom is -0.422 e. The molecule has 8 nitrogen and oxygen atoms in total. The zero-order valence-corrected chi connectivity index (χ0v) is 23.0. The number of likely N-dealkylation sites (tertiary alicyclic amines) is 1. The Morgan fingerprint density at radius 3 is 2.02 bits per heavy atom. The molecule has 0 aliphatic carbocycles. The predicted molar refractivity (Wildman–Crippen MR) is 157 cm³/mol. The Hall–Kier alpha value is -3.88. The molecule has 0 unspecified atom stereocenters. The van der Waals surface area contributed by atoms with Crippen molar-refractivity contribution in [3.05, 3.63) is 72.0 Å². The smallest absolute Gasteiger partial charge is 0.299 e. The van der Waals surface area contributed by atoms with Gasteiger partial charge in [-0.1, -0.05) is 36.2 Å². The van der Waals surface area contributed by atoms with Crippen molar-refractivity contribution in [2.24, 2.45) is 0 Å². The van der Waals surface area contributed by atoms with E-state index in [2.05, 4.69) is 19.8 Å². The minimum absolute atomic E-state index is 0.435. The number of hydrogen-bond acceptors (Lipinski definition) is 8. The number of hydrogen-bond donors (Lipinski definition) is 0. The van der Waals surface area contributed by atoms with Crippen LogP contribution in [0.25, 0.3) is 45.3 Å². The van der Waals surface area contributed by atoms with Gasteiger partial charge in [0.2, 0.25) is 5.65 Å². The van der Waals surface area contributed by atoms with E-state index in [0.717, 1.165) is 60.0 Å². The largest absolute Gasteiger partial charge is 0.422 e. The summed E-state index contributed by atoms with van der Waals surface area (Å²) in [5, 5.41) is 0.435. The molecule has 0 spiro atoms. The van der Waals surface area contributed by atoms with Gasteiger partial charge in [-0.25, -0.2) is 19.9 Å². The zero-order valence-electron chi connectivity index (χ0n) is 22.2. The van der Waals surface area contributed by atoms with Crippen LogP contribution >= 0.6 is 11.6 Å². The first-order valence-corrected chi connectivity index (χ1v) is 14.4. The van der Waals surface area contributed by atoms with Crippen molar-refractivity contribution in [3.63, 3.8) is 0 Å². The molecule has 202 valence electrons. The summed E-state index contributed by atoms with van der Waals surface area (Å²) in [6.07, 6.45) is 8.15. The van der Waals surface area contributed by atoms with E-state index in [-0.39, 0.29) is 0 Å². The third-order valence-corrected chi connectivity index (χ3v) is 8.12. The van der Waals surface area contributed by atoms with Crippen molar-refractivity contribution in [1.82, 2.24) is 29.8 Å². The van der Waals surface area contributed by atoms with Gasteiger partial charge in [0.15, 0.2) is 5.58 Å². The molecule has 5 aromatic heterocycles. The fraction of sp³-hybridized carbons (Fsp3) is 0.323. The van der Waals surface area contributed by atoms with Crippen molar-refractivity contribution in [2.45, 2.75) is 38.1 Å². The number of nitrogens with zero attached hydrogens (tertiary/aromatic N) is 7. The molecular formula is C31H30ClN7O. The fourth-order valence-corrected chi connectivity index (χ4v) is 5.96. The van der Waals surface area contributed by atoms with Crippen molar-refractivity contribution >= 4 is 28.8 Å². The van der Waals surface area contributed by atoms with Crippen molar-refractivity contribution in [1.29, 1.82) is 0 Å². The maximum atomic E-state index is 6.22. The van der Waals surface area contributed by atoms with Gasteiger partial charge in [-0.3, -0.25) is 0 Å². The molecule has 0 saturated carbocycles. The van der Waals surface area contributed by atoms with Gasteiger partial charge in [0.05, 0.1) is 28.5 Å². The van der Waals surface area contributed by atoms with Gasteiger partial charge >= 0.3 is 0 Å². The first-order chi connectivity index (χ1) is 19.7. The molecule has 0 bridgehead atoms. The highest BCUT2D eigenvalue weighted by atomic mass is 35.5. The number of oxazole rings is 1. The molecule has 9 heteroatoms. The molecule has 0 aromatic carbocycles. The minimum atomic E-state index is 0.435. The summed E-state index contributed by atoms with van der Waals surface area (Å²) in [4.78, 5) is 28.3. The highest BCUT2D eigenvalue weighted by Gasteiger charge is 2.27. The van der Waals surface area contributed by atoms with E-state index in [9.17, 15) is 0 Å². The van der Waals surface area contributed by atoms with Gasteiger partial charge in [0.1, 0.15) is 5.15 Å². The molecular weight excluding hydrogens is 522 g/mol. The molecule has 7 rings (SSSR count). The van der Waals surface area contributed by atoms with Gasteiger partial charge in [-0.2, -0.15) is 4.98 Å². The topological polar surface area (TPSA) is 84.1 Å². The van der Waals surface area contributed by atoms with Crippen LogP contribution in [0.5, 0.6) is 0 Å². The Kier molecular flexibility index (Phi) is 6.87. The van der Waals surface area contributed by atoms with Crippen LogP contribution in [-0.2, 0) is 0 Å². The van der Waals surface area contributed by atoms with Crippen LogP contribution in [0.3, 0.4) is 0 Å². The third kappa shape index (κ3) is 5.17. The highest BCUT2D eigenvalue weighted by Crippen LogP contribution is 2.30. The van der Waals surface area contributed by atoms with E-state index in [4.69, 9.17) is 31.0 Å². The summed E-state index contributed by atoms with van der Waals surface area (Å²) < 4.78 is 6.22. The second kappa shape index (κ2) is 10.9. The molecule has 2 saturated heterocycles. The maximum absolute atomic E-state index is 6.22. The van der Waals surface area contributed by atoms with E-state index >= 15 is 0 Å². The van der Waals surface area contributed by atoms with E-state index in [1.165, 1.54) is 32.4 Å². The number of pyridine rings is 4. The van der Waals surface area contributed by atoms with E-state index in [0.29, 0.717) is 28.4 Å². The van der Waals surface area contributed by atoms with Crippen LogP contribution < -0.4 is 4.90 Å². The molecule has 2 aliphatic heterocycles. The molecule has 40 heavy (non-hydrogen) atoms. The first kappa shape index (κ1) is 25.1. The SMILES string of the molecule is Clc1cccc(-c2cccc(-c3cccc(-c4cnc5nc(N6CCC(N7CCCCC7)CC6)oc5c4)n3)n2)n1. The van der Waals surface area contributed by atoms with Gasteiger partial charge in [-0.05, 0) is 81.2 Å². The Morgan fingerprint density at radius 2 is 1.32 bits per heavy atom. The molecule has 0 amide bonds. The van der Waals surface area contributed by atoms with E-state index < -0.39 is 0 Å². The molecule has 7 heterocycles. The number of piperidine rings is 2.